The second-order valence-corrected chi connectivity index (χ2v) is 9.43. The van der Waals surface area contributed by atoms with Crippen LogP contribution in [-0.4, -0.2) is 55.3 Å². The highest BCUT2D eigenvalue weighted by Crippen LogP contribution is 2.55. The molecule has 1 spiro atoms. The zero-order valence-electron chi connectivity index (χ0n) is 16.7. The van der Waals surface area contributed by atoms with Gasteiger partial charge in [-0.25, -0.2) is 0 Å². The maximum atomic E-state index is 14.0. The average molecular weight is 443 g/mol. The third-order valence-electron chi connectivity index (χ3n) is 6.03. The number of para-hydroxylation sites is 1. The first kappa shape index (κ1) is 19.9. The third-order valence-corrected chi connectivity index (χ3v) is 7.82. The Bertz CT molecular complexity index is 1030. The van der Waals surface area contributed by atoms with Gasteiger partial charge in [-0.05, 0) is 30.7 Å². The fraction of sp³-hybridized carbons (Fsp3) is 0.364. The molecule has 6 nitrogen and oxygen atoms in total. The van der Waals surface area contributed by atoms with Crippen molar-refractivity contribution in [2.24, 2.45) is 0 Å². The summed E-state index contributed by atoms with van der Waals surface area (Å²) in [5.41, 5.74) is 3.35. The molecule has 0 saturated carbocycles. The number of anilines is 2. The van der Waals surface area contributed by atoms with Gasteiger partial charge in [-0.2, -0.15) is 0 Å². The molecule has 2 aromatic carbocycles. The number of rotatable bonds is 3. The van der Waals surface area contributed by atoms with Crippen molar-refractivity contribution in [2.75, 3.05) is 48.4 Å². The number of amides is 2. The molecule has 2 amide bonds. The number of carbonyl (C=O) groups excluding carboxylic acids is 2. The van der Waals surface area contributed by atoms with Crippen molar-refractivity contribution in [3.05, 3.63) is 58.6 Å². The molecule has 2 aromatic rings. The van der Waals surface area contributed by atoms with Crippen LogP contribution in [0.15, 0.2) is 42.5 Å². The lowest BCUT2D eigenvalue weighted by molar-refractivity contribution is -0.124. The van der Waals surface area contributed by atoms with Gasteiger partial charge in [0.25, 0.3) is 5.91 Å². The molecule has 8 heteroatoms. The van der Waals surface area contributed by atoms with Gasteiger partial charge < -0.3 is 5.32 Å². The molecule has 1 N–H and O–H groups in total. The summed E-state index contributed by atoms with van der Waals surface area (Å²) in [7, 11) is 0. The number of nitrogens with zero attached hydrogens (tertiary/aromatic N) is 3. The Morgan fingerprint density at radius 3 is 2.67 bits per heavy atom. The molecule has 1 atom stereocenters. The van der Waals surface area contributed by atoms with Gasteiger partial charge in [0.15, 0.2) is 0 Å². The van der Waals surface area contributed by atoms with Crippen LogP contribution in [0, 0.1) is 6.92 Å². The van der Waals surface area contributed by atoms with E-state index < -0.39 is 4.87 Å². The van der Waals surface area contributed by atoms with Gasteiger partial charge in [-0.15, -0.1) is 11.8 Å². The summed E-state index contributed by atoms with van der Waals surface area (Å²) in [5.74, 6) is 0.120. The number of benzene rings is 2. The Labute approximate surface area is 185 Å². The molecule has 2 fully saturated rings. The van der Waals surface area contributed by atoms with Crippen LogP contribution in [0.5, 0.6) is 0 Å². The smallest absolute Gasteiger partial charge is 0.269 e. The first-order valence-corrected chi connectivity index (χ1v) is 11.5. The Hall–Kier alpha value is -2.06. The van der Waals surface area contributed by atoms with E-state index in [0.29, 0.717) is 17.4 Å². The lowest BCUT2D eigenvalue weighted by Gasteiger charge is -2.35. The minimum Gasteiger partial charge on any atom is -0.314 e. The third kappa shape index (κ3) is 2.95. The molecule has 0 aliphatic carbocycles. The van der Waals surface area contributed by atoms with Gasteiger partial charge in [0.1, 0.15) is 0 Å². The molecule has 3 aliphatic heterocycles. The van der Waals surface area contributed by atoms with Crippen molar-refractivity contribution >= 4 is 46.6 Å². The minimum absolute atomic E-state index is 0.0604. The van der Waals surface area contributed by atoms with Crippen molar-refractivity contribution < 1.29 is 9.59 Å². The number of nitrogens with one attached hydrogen (secondary N) is 1. The minimum atomic E-state index is -1.08. The first-order chi connectivity index (χ1) is 14.5. The maximum absolute atomic E-state index is 14.0. The normalized spacial score (nSPS) is 24.2. The molecule has 0 bridgehead atoms. The van der Waals surface area contributed by atoms with Crippen LogP contribution in [0.2, 0.25) is 5.02 Å². The SMILES string of the molecule is Cc1ccc(N2C(=O)CS[C@]23C(=O)N(CN2CCNCC2)c2ccccc23)cc1Cl. The second kappa shape index (κ2) is 7.57. The van der Waals surface area contributed by atoms with Gasteiger partial charge in [-0.3, -0.25) is 24.3 Å². The summed E-state index contributed by atoms with van der Waals surface area (Å²) in [6.07, 6.45) is 0. The van der Waals surface area contributed by atoms with Crippen LogP contribution in [0.25, 0.3) is 0 Å². The number of piperazine rings is 1. The van der Waals surface area contributed by atoms with Crippen molar-refractivity contribution in [3.63, 3.8) is 0 Å². The first-order valence-electron chi connectivity index (χ1n) is 10.1. The summed E-state index contributed by atoms with van der Waals surface area (Å²) >= 11 is 7.78. The summed E-state index contributed by atoms with van der Waals surface area (Å²) in [6.45, 7) is 6.06. The molecule has 30 heavy (non-hydrogen) atoms. The van der Waals surface area contributed by atoms with Crippen LogP contribution in [0.4, 0.5) is 11.4 Å². The number of fused-ring (bicyclic) bond motifs is 2. The van der Waals surface area contributed by atoms with E-state index in [1.165, 1.54) is 11.8 Å². The highest BCUT2D eigenvalue weighted by Gasteiger charge is 2.61. The largest absolute Gasteiger partial charge is 0.314 e. The Kier molecular flexibility index (Phi) is 5.01. The summed E-state index contributed by atoms with van der Waals surface area (Å²) in [4.78, 5) is 31.7. The summed E-state index contributed by atoms with van der Waals surface area (Å²) in [5, 5.41) is 3.93. The van der Waals surface area contributed by atoms with Crippen molar-refractivity contribution in [3.8, 4) is 0 Å². The van der Waals surface area contributed by atoms with E-state index in [1.807, 2.05) is 48.2 Å². The number of halogens is 1. The van der Waals surface area contributed by atoms with E-state index in [4.69, 9.17) is 11.6 Å². The van der Waals surface area contributed by atoms with Crippen LogP contribution in [0.1, 0.15) is 11.1 Å². The van der Waals surface area contributed by atoms with Crippen LogP contribution in [0.3, 0.4) is 0 Å². The predicted octanol–water partition coefficient (Wildman–Crippen LogP) is 2.79. The summed E-state index contributed by atoms with van der Waals surface area (Å²) in [6, 6.07) is 13.4. The molecular formula is C22H23ClN4O2S. The van der Waals surface area contributed by atoms with Crippen molar-refractivity contribution in [1.82, 2.24) is 10.2 Å². The number of hydrogen-bond donors (Lipinski definition) is 1. The van der Waals surface area contributed by atoms with Gasteiger partial charge in [0.2, 0.25) is 10.8 Å². The van der Waals surface area contributed by atoms with Gasteiger partial charge in [0, 0.05) is 42.5 Å². The zero-order chi connectivity index (χ0) is 20.9. The number of carbonyl (C=O) groups is 2. The predicted molar refractivity (Wildman–Crippen MR) is 121 cm³/mol. The van der Waals surface area contributed by atoms with E-state index in [2.05, 4.69) is 10.2 Å². The molecule has 0 aromatic heterocycles. The van der Waals surface area contributed by atoms with E-state index in [9.17, 15) is 9.59 Å². The van der Waals surface area contributed by atoms with Crippen molar-refractivity contribution in [1.29, 1.82) is 0 Å². The monoisotopic (exact) mass is 442 g/mol. The molecule has 156 valence electrons. The number of thioether (sulfide) groups is 1. The molecule has 0 unspecified atom stereocenters. The quantitative estimate of drug-likeness (QED) is 0.792. The molecule has 3 aliphatic rings. The zero-order valence-corrected chi connectivity index (χ0v) is 18.3. The molecule has 5 rings (SSSR count). The number of hydrogen-bond acceptors (Lipinski definition) is 5. The van der Waals surface area contributed by atoms with E-state index in [-0.39, 0.29) is 17.6 Å². The fourth-order valence-corrected chi connectivity index (χ4v) is 6.00. The van der Waals surface area contributed by atoms with Gasteiger partial charge in [-0.1, -0.05) is 35.9 Å². The topological polar surface area (TPSA) is 55.9 Å². The molecular weight excluding hydrogens is 420 g/mol. The highest BCUT2D eigenvalue weighted by molar-refractivity contribution is 8.02. The Morgan fingerprint density at radius 1 is 1.13 bits per heavy atom. The molecule has 2 saturated heterocycles. The number of aryl methyl sites for hydroxylation is 1. The maximum Gasteiger partial charge on any atom is 0.269 e. The molecule has 0 radical (unpaired) electrons. The standard InChI is InChI=1S/C22H23ClN4O2S/c1-15-6-7-16(12-18(15)23)27-20(28)13-30-22(27)17-4-2-3-5-19(17)26(21(22)29)14-25-10-8-24-9-11-25/h2-7,12,24H,8-11,13-14H2,1H3/t22-/m1/s1. The Balaban J connectivity index is 1.60. The fourth-order valence-electron chi connectivity index (χ4n) is 4.47. The van der Waals surface area contributed by atoms with Gasteiger partial charge in [0.05, 0.1) is 18.1 Å². The van der Waals surface area contributed by atoms with E-state index in [1.54, 1.807) is 11.0 Å². The molecule has 3 heterocycles. The van der Waals surface area contributed by atoms with Crippen LogP contribution >= 0.6 is 23.4 Å². The van der Waals surface area contributed by atoms with E-state index in [0.717, 1.165) is 43.0 Å². The van der Waals surface area contributed by atoms with Crippen LogP contribution < -0.4 is 15.1 Å². The highest BCUT2D eigenvalue weighted by atomic mass is 35.5. The van der Waals surface area contributed by atoms with Crippen molar-refractivity contribution in [2.45, 2.75) is 11.8 Å². The lowest BCUT2D eigenvalue weighted by atomic mass is 10.0. The van der Waals surface area contributed by atoms with Crippen LogP contribution in [-0.2, 0) is 14.5 Å². The summed E-state index contributed by atoms with van der Waals surface area (Å²) < 4.78 is 0. The van der Waals surface area contributed by atoms with Gasteiger partial charge >= 0.3 is 0 Å². The lowest BCUT2D eigenvalue weighted by Crippen LogP contribution is -2.53. The average Bonchev–Trinajstić information content (AvgIpc) is 3.22. The second-order valence-electron chi connectivity index (χ2n) is 7.86. The Morgan fingerprint density at radius 2 is 1.90 bits per heavy atom. The van der Waals surface area contributed by atoms with E-state index >= 15 is 0 Å².